The fourth-order valence-corrected chi connectivity index (χ4v) is 1.04. The van der Waals surface area contributed by atoms with E-state index in [0.29, 0.717) is 6.42 Å². The predicted octanol–water partition coefficient (Wildman–Crippen LogP) is 0.729. The molecule has 0 spiro atoms. The van der Waals surface area contributed by atoms with Crippen molar-refractivity contribution >= 4 is 11.9 Å². The normalized spacial score (nSPS) is 17.4. The highest BCUT2D eigenvalue weighted by Gasteiger charge is 2.36. The van der Waals surface area contributed by atoms with Crippen LogP contribution in [0.3, 0.4) is 0 Å². The van der Waals surface area contributed by atoms with E-state index in [0.717, 1.165) is 0 Å². The summed E-state index contributed by atoms with van der Waals surface area (Å²) in [6.07, 6.45) is 0.310. The molecule has 0 saturated carbocycles. The second-order valence-electron chi connectivity index (χ2n) is 5.32. The van der Waals surface area contributed by atoms with Crippen LogP contribution < -0.4 is 11.1 Å². The van der Waals surface area contributed by atoms with Gasteiger partial charge in [-0.1, -0.05) is 27.7 Å². The van der Waals surface area contributed by atoms with E-state index in [-0.39, 0.29) is 0 Å². The Morgan fingerprint density at radius 2 is 1.75 bits per heavy atom. The van der Waals surface area contributed by atoms with Crippen molar-refractivity contribution in [2.24, 2.45) is 11.1 Å². The fourth-order valence-electron chi connectivity index (χ4n) is 1.04. The molecular formula is C11H22N2O3. The van der Waals surface area contributed by atoms with Gasteiger partial charge in [-0.2, -0.15) is 0 Å². The lowest BCUT2D eigenvalue weighted by molar-refractivity contribution is -0.147. The monoisotopic (exact) mass is 230 g/mol. The molecule has 0 bridgehead atoms. The number of carboxylic acids is 1. The Kier molecular flexibility index (Phi) is 4.49. The van der Waals surface area contributed by atoms with Crippen molar-refractivity contribution in [2.45, 2.75) is 52.6 Å². The average Bonchev–Trinajstić information content (AvgIpc) is 2.14. The third-order valence-corrected chi connectivity index (χ3v) is 2.79. The quantitative estimate of drug-likeness (QED) is 0.663. The Bertz CT molecular complexity index is 283. The van der Waals surface area contributed by atoms with Crippen LogP contribution in [0.25, 0.3) is 0 Å². The van der Waals surface area contributed by atoms with Crippen molar-refractivity contribution in [2.75, 3.05) is 0 Å². The SMILES string of the molecule is CCC(C)(NC(=O)[C@@H](N)C(C)(C)C)C(=O)O. The molecule has 5 heteroatoms. The minimum atomic E-state index is -1.25. The van der Waals surface area contributed by atoms with Gasteiger partial charge in [0.15, 0.2) is 0 Å². The first kappa shape index (κ1) is 14.9. The Hall–Kier alpha value is -1.10. The van der Waals surface area contributed by atoms with E-state index in [1.54, 1.807) is 6.92 Å². The Balaban J connectivity index is 4.74. The fraction of sp³-hybridized carbons (Fsp3) is 0.818. The molecule has 1 unspecified atom stereocenters. The topological polar surface area (TPSA) is 92.4 Å². The van der Waals surface area contributed by atoms with E-state index in [1.165, 1.54) is 6.92 Å². The van der Waals surface area contributed by atoms with Crippen LogP contribution in [-0.2, 0) is 9.59 Å². The van der Waals surface area contributed by atoms with Crippen LogP contribution in [0.15, 0.2) is 0 Å². The van der Waals surface area contributed by atoms with Crippen LogP contribution in [0.1, 0.15) is 41.0 Å². The summed E-state index contributed by atoms with van der Waals surface area (Å²) in [7, 11) is 0. The van der Waals surface area contributed by atoms with Crippen LogP contribution in [0.2, 0.25) is 0 Å². The number of carbonyl (C=O) groups is 2. The molecule has 0 saturated heterocycles. The highest BCUT2D eigenvalue weighted by molar-refractivity contribution is 5.89. The van der Waals surface area contributed by atoms with Crippen molar-refractivity contribution in [1.82, 2.24) is 5.32 Å². The molecule has 0 heterocycles. The summed E-state index contributed by atoms with van der Waals surface area (Å²) in [5, 5.41) is 11.5. The van der Waals surface area contributed by atoms with Crippen molar-refractivity contribution in [1.29, 1.82) is 0 Å². The summed E-state index contributed by atoms with van der Waals surface area (Å²) in [5.41, 5.74) is 4.11. The van der Waals surface area contributed by atoms with Crippen molar-refractivity contribution in [3.63, 3.8) is 0 Å². The third-order valence-electron chi connectivity index (χ3n) is 2.79. The van der Waals surface area contributed by atoms with Crippen molar-refractivity contribution < 1.29 is 14.7 Å². The number of nitrogens with one attached hydrogen (secondary N) is 1. The van der Waals surface area contributed by atoms with Gasteiger partial charge in [-0.05, 0) is 18.8 Å². The van der Waals surface area contributed by atoms with Gasteiger partial charge >= 0.3 is 5.97 Å². The molecule has 5 nitrogen and oxygen atoms in total. The summed E-state index contributed by atoms with van der Waals surface area (Å²) >= 11 is 0. The van der Waals surface area contributed by atoms with Crippen LogP contribution in [-0.4, -0.2) is 28.6 Å². The smallest absolute Gasteiger partial charge is 0.329 e. The summed E-state index contributed by atoms with van der Waals surface area (Å²) in [6, 6.07) is -0.724. The standard InChI is InChI=1S/C11H22N2O3/c1-6-11(5,9(15)16)13-8(14)7(12)10(2,3)4/h7H,6,12H2,1-5H3,(H,13,14)(H,15,16)/t7-,11?/m1/s1. The molecule has 0 aromatic heterocycles. The molecule has 16 heavy (non-hydrogen) atoms. The van der Waals surface area contributed by atoms with Gasteiger partial charge in [0.05, 0.1) is 6.04 Å². The zero-order valence-electron chi connectivity index (χ0n) is 10.6. The van der Waals surface area contributed by atoms with Gasteiger partial charge in [0.1, 0.15) is 5.54 Å². The molecule has 94 valence electrons. The Morgan fingerprint density at radius 1 is 1.31 bits per heavy atom. The highest BCUT2D eigenvalue weighted by atomic mass is 16.4. The molecule has 0 aliphatic carbocycles. The molecule has 0 radical (unpaired) electrons. The molecule has 0 rings (SSSR count). The molecule has 0 aliphatic heterocycles. The largest absolute Gasteiger partial charge is 0.480 e. The summed E-state index contributed by atoms with van der Waals surface area (Å²) in [6.45, 7) is 8.68. The van der Waals surface area contributed by atoms with Gasteiger partial charge in [-0.25, -0.2) is 4.79 Å². The zero-order valence-corrected chi connectivity index (χ0v) is 10.6. The highest BCUT2D eigenvalue weighted by Crippen LogP contribution is 2.19. The number of aliphatic carboxylic acids is 1. The molecule has 1 amide bonds. The first-order valence-corrected chi connectivity index (χ1v) is 5.35. The number of carboxylic acid groups (broad SMARTS) is 1. The number of rotatable bonds is 4. The van der Waals surface area contributed by atoms with Gasteiger partial charge < -0.3 is 16.2 Å². The van der Waals surface area contributed by atoms with Crippen LogP contribution in [0.4, 0.5) is 0 Å². The molecular weight excluding hydrogens is 208 g/mol. The Morgan fingerprint density at radius 3 is 2.00 bits per heavy atom. The van der Waals surface area contributed by atoms with Gasteiger partial charge in [0.25, 0.3) is 0 Å². The summed E-state index contributed by atoms with van der Waals surface area (Å²) in [4.78, 5) is 22.8. The second kappa shape index (κ2) is 4.82. The van der Waals surface area contributed by atoms with Gasteiger partial charge in [-0.15, -0.1) is 0 Å². The minimum Gasteiger partial charge on any atom is -0.480 e. The maximum Gasteiger partial charge on any atom is 0.329 e. The van der Waals surface area contributed by atoms with Crippen molar-refractivity contribution in [3.05, 3.63) is 0 Å². The molecule has 4 N–H and O–H groups in total. The number of hydrogen-bond acceptors (Lipinski definition) is 3. The first-order chi connectivity index (χ1) is 7.04. The first-order valence-electron chi connectivity index (χ1n) is 5.35. The predicted molar refractivity (Wildman–Crippen MR) is 61.9 cm³/mol. The van der Waals surface area contributed by atoms with E-state index in [2.05, 4.69) is 5.32 Å². The van der Waals surface area contributed by atoms with Gasteiger partial charge in [0.2, 0.25) is 5.91 Å². The van der Waals surface area contributed by atoms with Crippen LogP contribution in [0, 0.1) is 5.41 Å². The van der Waals surface area contributed by atoms with E-state index >= 15 is 0 Å². The van der Waals surface area contributed by atoms with Crippen LogP contribution in [0.5, 0.6) is 0 Å². The minimum absolute atomic E-state index is 0.310. The molecule has 0 aliphatic rings. The number of carbonyl (C=O) groups excluding carboxylic acids is 1. The van der Waals surface area contributed by atoms with Crippen LogP contribution >= 0.6 is 0 Å². The molecule has 0 fully saturated rings. The molecule has 0 aromatic carbocycles. The van der Waals surface area contributed by atoms with E-state index < -0.39 is 28.9 Å². The Labute approximate surface area is 96.4 Å². The van der Waals surface area contributed by atoms with E-state index in [4.69, 9.17) is 10.8 Å². The molecule has 0 aromatic rings. The lowest BCUT2D eigenvalue weighted by Gasteiger charge is -2.31. The zero-order chi connectivity index (χ0) is 13.1. The number of hydrogen-bond donors (Lipinski definition) is 3. The molecule has 2 atom stereocenters. The number of amides is 1. The second-order valence-corrected chi connectivity index (χ2v) is 5.32. The maximum absolute atomic E-state index is 11.8. The lowest BCUT2D eigenvalue weighted by Crippen LogP contribution is -2.58. The third kappa shape index (κ3) is 3.48. The lowest BCUT2D eigenvalue weighted by atomic mass is 9.86. The average molecular weight is 230 g/mol. The summed E-state index contributed by atoms with van der Waals surface area (Å²) in [5.74, 6) is -1.48. The van der Waals surface area contributed by atoms with Gasteiger partial charge in [0, 0.05) is 0 Å². The van der Waals surface area contributed by atoms with E-state index in [1.807, 2.05) is 20.8 Å². The summed E-state index contributed by atoms with van der Waals surface area (Å²) < 4.78 is 0. The number of nitrogens with two attached hydrogens (primary N) is 1. The van der Waals surface area contributed by atoms with E-state index in [9.17, 15) is 9.59 Å². The maximum atomic E-state index is 11.8. The van der Waals surface area contributed by atoms with Gasteiger partial charge in [-0.3, -0.25) is 4.79 Å². The van der Waals surface area contributed by atoms with Crippen molar-refractivity contribution in [3.8, 4) is 0 Å².